The SMILES string of the molecule is O=C(O)[C@@H](Cn1nnc2ccccc2c1=O)[C@H](O)CCc1ccc(-c2ccc(F)cc2F)cc1. The highest BCUT2D eigenvalue weighted by Crippen LogP contribution is 2.24. The number of aliphatic hydroxyl groups is 1. The molecule has 9 heteroatoms. The summed E-state index contributed by atoms with van der Waals surface area (Å²) in [6, 6.07) is 16.8. The van der Waals surface area contributed by atoms with E-state index in [9.17, 15) is 28.6 Å². The third-order valence-corrected chi connectivity index (χ3v) is 5.71. The molecule has 0 aliphatic carbocycles. The second-order valence-electron chi connectivity index (χ2n) is 7.97. The second kappa shape index (κ2) is 9.88. The number of aliphatic hydroxyl groups excluding tert-OH is 1. The molecular formula is C25H21F2N3O4. The van der Waals surface area contributed by atoms with Crippen LogP contribution in [0.1, 0.15) is 12.0 Å². The predicted molar refractivity (Wildman–Crippen MR) is 121 cm³/mol. The predicted octanol–water partition coefficient (Wildman–Crippen LogP) is 3.43. The van der Waals surface area contributed by atoms with E-state index in [1.165, 1.54) is 12.1 Å². The van der Waals surface area contributed by atoms with Crippen LogP contribution < -0.4 is 5.56 Å². The number of aromatic nitrogens is 3. The highest BCUT2D eigenvalue weighted by Gasteiger charge is 2.28. The molecule has 34 heavy (non-hydrogen) atoms. The monoisotopic (exact) mass is 465 g/mol. The number of aryl methyl sites for hydroxylation is 1. The van der Waals surface area contributed by atoms with Gasteiger partial charge in [-0.05, 0) is 48.2 Å². The van der Waals surface area contributed by atoms with Crippen LogP contribution in [0.5, 0.6) is 0 Å². The molecule has 0 aliphatic rings. The second-order valence-corrected chi connectivity index (χ2v) is 7.97. The molecule has 1 heterocycles. The van der Waals surface area contributed by atoms with Crippen molar-refractivity contribution in [2.45, 2.75) is 25.5 Å². The molecule has 7 nitrogen and oxygen atoms in total. The summed E-state index contributed by atoms with van der Waals surface area (Å²) in [4.78, 5) is 24.4. The summed E-state index contributed by atoms with van der Waals surface area (Å²) in [6.07, 6.45) is -0.765. The van der Waals surface area contributed by atoms with E-state index in [0.717, 1.165) is 16.3 Å². The van der Waals surface area contributed by atoms with Crippen molar-refractivity contribution in [2.24, 2.45) is 5.92 Å². The number of carboxylic acids is 1. The summed E-state index contributed by atoms with van der Waals surface area (Å²) in [5, 5.41) is 28.3. The Balaban J connectivity index is 1.44. The number of carbonyl (C=O) groups is 1. The summed E-state index contributed by atoms with van der Waals surface area (Å²) < 4.78 is 28.1. The Morgan fingerprint density at radius 3 is 2.47 bits per heavy atom. The lowest BCUT2D eigenvalue weighted by Gasteiger charge is -2.19. The van der Waals surface area contributed by atoms with E-state index in [1.54, 1.807) is 48.5 Å². The van der Waals surface area contributed by atoms with Gasteiger partial charge in [0.25, 0.3) is 5.56 Å². The molecule has 2 atom stereocenters. The van der Waals surface area contributed by atoms with Crippen molar-refractivity contribution in [2.75, 3.05) is 0 Å². The first-order valence-electron chi connectivity index (χ1n) is 10.6. The summed E-state index contributed by atoms with van der Waals surface area (Å²) in [7, 11) is 0. The highest BCUT2D eigenvalue weighted by molar-refractivity contribution is 5.76. The summed E-state index contributed by atoms with van der Waals surface area (Å²) >= 11 is 0. The Hall–Kier alpha value is -3.98. The van der Waals surface area contributed by atoms with Crippen molar-refractivity contribution >= 4 is 16.9 Å². The highest BCUT2D eigenvalue weighted by atomic mass is 19.1. The van der Waals surface area contributed by atoms with Crippen LogP contribution >= 0.6 is 0 Å². The summed E-state index contributed by atoms with van der Waals surface area (Å²) in [5.41, 5.74) is 1.56. The van der Waals surface area contributed by atoms with Crippen LogP contribution in [0.2, 0.25) is 0 Å². The molecule has 1 aromatic heterocycles. The molecule has 4 aromatic rings. The van der Waals surface area contributed by atoms with Crippen molar-refractivity contribution in [1.29, 1.82) is 0 Å². The van der Waals surface area contributed by atoms with E-state index in [1.807, 2.05) is 0 Å². The van der Waals surface area contributed by atoms with Crippen LogP contribution in [0.4, 0.5) is 8.78 Å². The van der Waals surface area contributed by atoms with Crippen LogP contribution in [-0.4, -0.2) is 37.3 Å². The number of aliphatic carboxylic acids is 1. The van der Waals surface area contributed by atoms with E-state index in [-0.39, 0.29) is 18.5 Å². The van der Waals surface area contributed by atoms with Crippen LogP contribution in [0.25, 0.3) is 22.0 Å². The fourth-order valence-corrected chi connectivity index (χ4v) is 3.78. The number of benzene rings is 3. The number of nitrogens with zero attached hydrogens (tertiary/aromatic N) is 3. The molecule has 0 unspecified atom stereocenters. The van der Waals surface area contributed by atoms with Crippen molar-refractivity contribution in [3.05, 3.63) is 94.3 Å². The zero-order valence-electron chi connectivity index (χ0n) is 17.9. The number of fused-ring (bicyclic) bond motifs is 1. The van der Waals surface area contributed by atoms with Gasteiger partial charge >= 0.3 is 5.97 Å². The lowest BCUT2D eigenvalue weighted by molar-refractivity contribution is -0.146. The standard InChI is InChI=1S/C25H21F2N3O4/c26-17-10-11-18(21(27)13-17)16-8-5-15(6-9-16)7-12-23(31)20(25(33)34)14-30-24(32)19-3-1-2-4-22(19)28-29-30/h1-6,8-11,13,20,23,31H,7,12,14H2,(H,33,34)/t20-,23+/m0/s1. The number of carboxylic acid groups (broad SMARTS) is 1. The molecule has 3 aromatic carbocycles. The van der Waals surface area contributed by atoms with Crippen LogP contribution in [0, 0.1) is 17.6 Å². The number of rotatable bonds is 8. The van der Waals surface area contributed by atoms with Crippen LogP contribution in [-0.2, 0) is 17.8 Å². The summed E-state index contributed by atoms with van der Waals surface area (Å²) in [5.74, 6) is -3.84. The normalized spacial score (nSPS) is 13.0. The first-order chi connectivity index (χ1) is 16.3. The Labute approximate surface area is 192 Å². The maximum atomic E-state index is 14.0. The molecule has 0 radical (unpaired) electrons. The zero-order valence-corrected chi connectivity index (χ0v) is 17.9. The number of halogens is 2. The van der Waals surface area contributed by atoms with Gasteiger partial charge in [-0.25, -0.2) is 13.5 Å². The largest absolute Gasteiger partial charge is 0.481 e. The number of hydrogen-bond acceptors (Lipinski definition) is 5. The van der Waals surface area contributed by atoms with Crippen molar-refractivity contribution in [3.8, 4) is 11.1 Å². The Morgan fingerprint density at radius 2 is 1.76 bits per heavy atom. The maximum absolute atomic E-state index is 14.0. The van der Waals surface area contributed by atoms with Gasteiger partial charge < -0.3 is 10.2 Å². The van der Waals surface area contributed by atoms with Gasteiger partial charge in [0.1, 0.15) is 23.1 Å². The zero-order chi connectivity index (χ0) is 24.2. The average molecular weight is 465 g/mol. The van der Waals surface area contributed by atoms with E-state index < -0.39 is 35.2 Å². The van der Waals surface area contributed by atoms with Gasteiger partial charge in [0.15, 0.2) is 0 Å². The van der Waals surface area contributed by atoms with Crippen molar-refractivity contribution in [1.82, 2.24) is 15.0 Å². The molecule has 0 bridgehead atoms. The van der Waals surface area contributed by atoms with E-state index in [4.69, 9.17) is 0 Å². The van der Waals surface area contributed by atoms with Crippen molar-refractivity contribution in [3.63, 3.8) is 0 Å². The molecule has 4 rings (SSSR count). The fourth-order valence-electron chi connectivity index (χ4n) is 3.78. The molecule has 0 spiro atoms. The van der Waals surface area contributed by atoms with Gasteiger partial charge in [0.2, 0.25) is 0 Å². The van der Waals surface area contributed by atoms with Gasteiger partial charge in [-0.3, -0.25) is 9.59 Å². The quantitative estimate of drug-likeness (QED) is 0.413. The molecule has 2 N–H and O–H groups in total. The Morgan fingerprint density at radius 1 is 1.03 bits per heavy atom. The Bertz CT molecular complexity index is 1390. The molecule has 0 aliphatic heterocycles. The van der Waals surface area contributed by atoms with Crippen LogP contribution in [0.3, 0.4) is 0 Å². The summed E-state index contributed by atoms with van der Waals surface area (Å²) in [6.45, 7) is -0.323. The van der Waals surface area contributed by atoms with Gasteiger partial charge in [0.05, 0.1) is 18.0 Å². The molecule has 0 amide bonds. The molecule has 0 fully saturated rings. The topological polar surface area (TPSA) is 105 Å². The first kappa shape index (κ1) is 23.2. The van der Waals surface area contributed by atoms with E-state index >= 15 is 0 Å². The number of hydrogen-bond donors (Lipinski definition) is 2. The minimum absolute atomic E-state index is 0.122. The first-order valence-corrected chi connectivity index (χ1v) is 10.6. The molecule has 0 saturated carbocycles. The van der Waals surface area contributed by atoms with Crippen LogP contribution in [0.15, 0.2) is 71.5 Å². The fraction of sp³-hybridized carbons (Fsp3) is 0.200. The van der Waals surface area contributed by atoms with Crippen molar-refractivity contribution < 1.29 is 23.8 Å². The van der Waals surface area contributed by atoms with E-state index in [0.29, 0.717) is 22.9 Å². The van der Waals surface area contributed by atoms with Gasteiger partial charge in [-0.1, -0.05) is 41.6 Å². The van der Waals surface area contributed by atoms with Gasteiger partial charge in [-0.2, -0.15) is 0 Å². The minimum atomic E-state index is -1.26. The average Bonchev–Trinajstić information content (AvgIpc) is 2.82. The maximum Gasteiger partial charge on any atom is 0.311 e. The molecule has 0 saturated heterocycles. The van der Waals surface area contributed by atoms with E-state index in [2.05, 4.69) is 10.3 Å². The lowest BCUT2D eigenvalue weighted by atomic mass is 9.95. The third-order valence-electron chi connectivity index (χ3n) is 5.71. The minimum Gasteiger partial charge on any atom is -0.481 e. The molecular weight excluding hydrogens is 444 g/mol. The third kappa shape index (κ3) is 4.99. The lowest BCUT2D eigenvalue weighted by Crippen LogP contribution is -2.37. The Kier molecular flexibility index (Phi) is 6.74. The van der Waals surface area contributed by atoms with Gasteiger partial charge in [-0.15, -0.1) is 5.10 Å². The smallest absolute Gasteiger partial charge is 0.311 e. The van der Waals surface area contributed by atoms with Gasteiger partial charge in [0, 0.05) is 11.6 Å². The molecule has 174 valence electrons.